The third-order valence-corrected chi connectivity index (χ3v) is 5.02. The average molecular weight is 342 g/mol. The molecule has 2 N–H and O–H groups in total. The number of hydrogen-bond acceptors (Lipinski definition) is 4. The maximum atomic E-state index is 12.2. The second-order valence-electron chi connectivity index (χ2n) is 4.82. The van der Waals surface area contributed by atoms with Crippen LogP contribution in [0.1, 0.15) is 19.4 Å². The van der Waals surface area contributed by atoms with E-state index < -0.39 is 15.6 Å². The van der Waals surface area contributed by atoms with Crippen molar-refractivity contribution in [2.24, 2.45) is 0 Å². The summed E-state index contributed by atoms with van der Waals surface area (Å²) >= 11 is 11.8. The summed E-state index contributed by atoms with van der Waals surface area (Å²) < 4.78 is 32.0. The zero-order chi connectivity index (χ0) is 15.6. The van der Waals surface area contributed by atoms with Crippen molar-refractivity contribution in [3.63, 3.8) is 0 Å². The van der Waals surface area contributed by atoms with E-state index in [1.165, 1.54) is 19.2 Å². The van der Waals surface area contributed by atoms with Crippen molar-refractivity contribution in [1.29, 1.82) is 0 Å². The standard InChI is InChI=1S/C12H17Cl2NO4S/c1-12(2,19-3)7-15-20(17,18)11-4-8(6-16)9(13)5-10(11)14/h4-5,15-16H,6-7H2,1-3H3. The molecule has 0 aliphatic heterocycles. The molecule has 0 aromatic heterocycles. The zero-order valence-electron chi connectivity index (χ0n) is 11.4. The van der Waals surface area contributed by atoms with Crippen LogP contribution in [0.3, 0.4) is 0 Å². The highest BCUT2D eigenvalue weighted by atomic mass is 35.5. The number of halogens is 2. The Labute approximate surface area is 128 Å². The first-order valence-electron chi connectivity index (χ1n) is 5.76. The summed E-state index contributed by atoms with van der Waals surface area (Å²) in [5, 5.41) is 9.35. The third-order valence-electron chi connectivity index (χ3n) is 2.80. The van der Waals surface area contributed by atoms with Gasteiger partial charge in [0, 0.05) is 18.7 Å². The number of benzene rings is 1. The van der Waals surface area contributed by atoms with Gasteiger partial charge in [0.1, 0.15) is 4.90 Å². The molecule has 20 heavy (non-hydrogen) atoms. The van der Waals surface area contributed by atoms with Crippen molar-refractivity contribution in [3.8, 4) is 0 Å². The molecule has 0 spiro atoms. The first kappa shape index (κ1) is 17.7. The topological polar surface area (TPSA) is 75.6 Å². The third kappa shape index (κ3) is 4.31. The van der Waals surface area contributed by atoms with Crippen LogP contribution in [-0.2, 0) is 21.4 Å². The second kappa shape index (κ2) is 6.60. The largest absolute Gasteiger partial charge is 0.392 e. The lowest BCUT2D eigenvalue weighted by Crippen LogP contribution is -2.39. The average Bonchev–Trinajstić information content (AvgIpc) is 2.36. The van der Waals surface area contributed by atoms with Crippen molar-refractivity contribution in [3.05, 3.63) is 27.7 Å². The van der Waals surface area contributed by atoms with E-state index in [-0.39, 0.29) is 28.1 Å². The van der Waals surface area contributed by atoms with Gasteiger partial charge in [0.15, 0.2) is 0 Å². The molecule has 0 bridgehead atoms. The number of sulfonamides is 1. The van der Waals surface area contributed by atoms with Crippen molar-refractivity contribution in [2.45, 2.75) is 31.0 Å². The van der Waals surface area contributed by atoms with Gasteiger partial charge in [-0.15, -0.1) is 0 Å². The monoisotopic (exact) mass is 341 g/mol. The van der Waals surface area contributed by atoms with Crippen molar-refractivity contribution in [1.82, 2.24) is 4.72 Å². The molecule has 0 saturated heterocycles. The van der Waals surface area contributed by atoms with E-state index in [0.717, 1.165) is 0 Å². The summed E-state index contributed by atoms with van der Waals surface area (Å²) in [7, 11) is -2.32. The highest BCUT2D eigenvalue weighted by molar-refractivity contribution is 7.89. The van der Waals surface area contributed by atoms with E-state index in [9.17, 15) is 8.42 Å². The van der Waals surface area contributed by atoms with Gasteiger partial charge in [-0.1, -0.05) is 23.2 Å². The molecule has 0 aliphatic carbocycles. The number of methoxy groups -OCH3 is 1. The number of nitrogens with one attached hydrogen (secondary N) is 1. The summed E-state index contributed by atoms with van der Waals surface area (Å²) in [5.74, 6) is 0. The Balaban J connectivity index is 3.10. The van der Waals surface area contributed by atoms with Crippen LogP contribution in [-0.4, -0.2) is 32.8 Å². The maximum Gasteiger partial charge on any atom is 0.242 e. The summed E-state index contributed by atoms with van der Waals surface area (Å²) in [4.78, 5) is -0.125. The van der Waals surface area contributed by atoms with Crippen LogP contribution in [0, 0.1) is 0 Å². The minimum Gasteiger partial charge on any atom is -0.392 e. The molecule has 0 heterocycles. The molecule has 5 nitrogen and oxygen atoms in total. The molecule has 0 unspecified atom stereocenters. The van der Waals surface area contributed by atoms with E-state index in [1.54, 1.807) is 13.8 Å². The lowest BCUT2D eigenvalue weighted by Gasteiger charge is -2.23. The predicted octanol–water partition coefficient (Wildman–Crippen LogP) is 2.19. The summed E-state index contributed by atoms with van der Waals surface area (Å²) in [6.45, 7) is 3.21. The highest BCUT2D eigenvalue weighted by Crippen LogP contribution is 2.28. The Morgan fingerprint density at radius 2 is 1.90 bits per heavy atom. The molecular formula is C12H17Cl2NO4S. The van der Waals surface area contributed by atoms with Gasteiger partial charge in [-0.05, 0) is 31.5 Å². The normalized spacial score (nSPS) is 12.7. The fourth-order valence-corrected chi connectivity index (χ4v) is 3.37. The number of ether oxygens (including phenoxy) is 1. The smallest absolute Gasteiger partial charge is 0.242 e. The quantitative estimate of drug-likeness (QED) is 0.831. The number of aliphatic hydroxyl groups excluding tert-OH is 1. The van der Waals surface area contributed by atoms with Crippen molar-refractivity contribution >= 4 is 33.2 Å². The first-order valence-corrected chi connectivity index (χ1v) is 8.00. The lowest BCUT2D eigenvalue weighted by atomic mass is 10.1. The van der Waals surface area contributed by atoms with Crippen LogP contribution >= 0.6 is 23.2 Å². The van der Waals surface area contributed by atoms with Crippen LogP contribution in [0.4, 0.5) is 0 Å². The van der Waals surface area contributed by atoms with Gasteiger partial charge in [-0.3, -0.25) is 0 Å². The molecule has 0 saturated carbocycles. The second-order valence-corrected chi connectivity index (χ2v) is 7.37. The molecule has 0 fully saturated rings. The molecule has 8 heteroatoms. The number of hydrogen-bond donors (Lipinski definition) is 2. The predicted molar refractivity (Wildman–Crippen MR) is 78.7 cm³/mol. The summed E-state index contributed by atoms with van der Waals surface area (Å²) in [5.41, 5.74) is -0.353. The van der Waals surface area contributed by atoms with Crippen LogP contribution in [0.5, 0.6) is 0 Å². The fourth-order valence-electron chi connectivity index (χ4n) is 1.32. The zero-order valence-corrected chi connectivity index (χ0v) is 13.7. The van der Waals surface area contributed by atoms with Gasteiger partial charge in [-0.25, -0.2) is 13.1 Å². The van der Waals surface area contributed by atoms with Crippen molar-refractivity contribution in [2.75, 3.05) is 13.7 Å². The number of rotatable bonds is 6. The number of aliphatic hydroxyl groups is 1. The Kier molecular flexibility index (Phi) is 5.83. The molecule has 0 radical (unpaired) electrons. The van der Waals surface area contributed by atoms with Gasteiger partial charge >= 0.3 is 0 Å². The Bertz CT molecular complexity index is 587. The molecule has 0 aliphatic rings. The van der Waals surface area contributed by atoms with E-state index in [4.69, 9.17) is 33.0 Å². The Morgan fingerprint density at radius 3 is 2.40 bits per heavy atom. The molecular weight excluding hydrogens is 325 g/mol. The van der Waals surface area contributed by atoms with Crippen LogP contribution in [0.2, 0.25) is 10.0 Å². The SMILES string of the molecule is COC(C)(C)CNS(=O)(=O)c1cc(CO)c(Cl)cc1Cl. The minimum atomic E-state index is -3.82. The van der Waals surface area contributed by atoms with Gasteiger partial charge < -0.3 is 9.84 Å². The first-order chi connectivity index (χ1) is 9.13. The lowest BCUT2D eigenvalue weighted by molar-refractivity contribution is 0.0276. The van der Waals surface area contributed by atoms with E-state index in [2.05, 4.69) is 4.72 Å². The van der Waals surface area contributed by atoms with Crippen LogP contribution in [0.25, 0.3) is 0 Å². The molecule has 0 atom stereocenters. The van der Waals surface area contributed by atoms with E-state index >= 15 is 0 Å². The fraction of sp³-hybridized carbons (Fsp3) is 0.500. The maximum absolute atomic E-state index is 12.2. The molecule has 114 valence electrons. The molecule has 1 rings (SSSR count). The highest BCUT2D eigenvalue weighted by Gasteiger charge is 2.24. The van der Waals surface area contributed by atoms with Crippen LogP contribution in [0.15, 0.2) is 17.0 Å². The van der Waals surface area contributed by atoms with Gasteiger partial charge in [-0.2, -0.15) is 0 Å². The molecule has 0 amide bonds. The Hall–Kier alpha value is -0.370. The van der Waals surface area contributed by atoms with Gasteiger partial charge in [0.05, 0.1) is 17.2 Å². The van der Waals surface area contributed by atoms with Crippen LogP contribution < -0.4 is 4.72 Å². The molecule has 1 aromatic rings. The summed E-state index contributed by atoms with van der Waals surface area (Å²) in [6.07, 6.45) is 0. The van der Waals surface area contributed by atoms with Gasteiger partial charge in [0.2, 0.25) is 10.0 Å². The van der Waals surface area contributed by atoms with Crippen molar-refractivity contribution < 1.29 is 18.3 Å². The van der Waals surface area contributed by atoms with Gasteiger partial charge in [0.25, 0.3) is 0 Å². The molecule has 1 aromatic carbocycles. The summed E-state index contributed by atoms with van der Waals surface area (Å²) in [6, 6.07) is 2.55. The van der Waals surface area contributed by atoms with E-state index in [0.29, 0.717) is 5.56 Å². The van der Waals surface area contributed by atoms with E-state index in [1.807, 2.05) is 0 Å². The Morgan fingerprint density at radius 1 is 1.30 bits per heavy atom. The minimum absolute atomic E-state index is 0.00470.